The van der Waals surface area contributed by atoms with Crippen LogP contribution < -0.4 is 0 Å². The van der Waals surface area contributed by atoms with E-state index in [1.807, 2.05) is 0 Å². The molecule has 98 valence electrons. The van der Waals surface area contributed by atoms with E-state index in [2.05, 4.69) is 50.3 Å². The molecule has 0 radical (unpaired) electrons. The van der Waals surface area contributed by atoms with Crippen LogP contribution in [0, 0.1) is 17.8 Å². The molecular formula is C15H31I. The molecular weight excluding hydrogens is 307 g/mol. The van der Waals surface area contributed by atoms with Gasteiger partial charge in [-0.05, 0) is 28.6 Å². The van der Waals surface area contributed by atoms with Crippen molar-refractivity contribution in [2.24, 2.45) is 17.8 Å². The normalized spacial score (nSPS) is 15.4. The van der Waals surface area contributed by atoms with E-state index in [0.29, 0.717) is 0 Å². The van der Waals surface area contributed by atoms with Gasteiger partial charge in [0.15, 0.2) is 0 Å². The van der Waals surface area contributed by atoms with E-state index in [4.69, 9.17) is 0 Å². The minimum Gasteiger partial charge on any atom is -0.0864 e. The van der Waals surface area contributed by atoms with Crippen molar-refractivity contribution in [3.63, 3.8) is 0 Å². The summed E-state index contributed by atoms with van der Waals surface area (Å²) >= 11 is 2.49. The van der Waals surface area contributed by atoms with Crippen LogP contribution in [0.3, 0.4) is 0 Å². The van der Waals surface area contributed by atoms with Gasteiger partial charge in [-0.15, -0.1) is 0 Å². The van der Waals surface area contributed by atoms with Gasteiger partial charge >= 0.3 is 0 Å². The molecule has 0 aromatic heterocycles. The van der Waals surface area contributed by atoms with Crippen LogP contribution >= 0.6 is 22.6 Å². The Hall–Kier alpha value is 0.730. The number of rotatable bonds is 10. The van der Waals surface area contributed by atoms with Crippen LogP contribution in [0.2, 0.25) is 0 Å². The summed E-state index contributed by atoms with van der Waals surface area (Å²) in [5.74, 6) is 2.78. The molecule has 0 saturated heterocycles. The zero-order valence-electron chi connectivity index (χ0n) is 11.8. The average Bonchev–Trinajstić information content (AvgIpc) is 2.17. The molecule has 0 aliphatic rings. The predicted octanol–water partition coefficient (Wildman–Crippen LogP) is 6.08. The highest BCUT2D eigenvalue weighted by molar-refractivity contribution is 14.1. The highest BCUT2D eigenvalue weighted by Crippen LogP contribution is 2.20. The van der Waals surface area contributed by atoms with E-state index in [-0.39, 0.29) is 0 Å². The molecule has 0 aliphatic carbocycles. The van der Waals surface area contributed by atoms with Gasteiger partial charge in [0.25, 0.3) is 0 Å². The Labute approximate surface area is 117 Å². The largest absolute Gasteiger partial charge is 0.0864 e. The standard InChI is InChI=1S/C15H31I/c1-13(2)7-5-8-14(3)9-6-10-15(4)11-12-16/h13-15H,5-12H2,1-4H3/t14-,15-/m1/s1. The van der Waals surface area contributed by atoms with Gasteiger partial charge in [-0.25, -0.2) is 0 Å². The molecule has 2 atom stereocenters. The van der Waals surface area contributed by atoms with Gasteiger partial charge in [-0.3, -0.25) is 0 Å². The van der Waals surface area contributed by atoms with Crippen LogP contribution in [-0.2, 0) is 0 Å². The summed E-state index contributed by atoms with van der Waals surface area (Å²) < 4.78 is 1.32. The predicted molar refractivity (Wildman–Crippen MR) is 84.4 cm³/mol. The Morgan fingerprint density at radius 2 is 1.12 bits per heavy atom. The molecule has 0 fully saturated rings. The molecule has 0 aliphatic heterocycles. The fraction of sp³-hybridized carbons (Fsp3) is 1.00. The molecule has 0 spiro atoms. The molecule has 0 aromatic carbocycles. The quantitative estimate of drug-likeness (QED) is 0.334. The molecule has 0 saturated carbocycles. The third-order valence-electron chi connectivity index (χ3n) is 3.47. The minimum atomic E-state index is 0.885. The van der Waals surface area contributed by atoms with Crippen LogP contribution in [0.1, 0.15) is 72.6 Å². The fourth-order valence-electron chi connectivity index (χ4n) is 2.16. The highest BCUT2D eigenvalue weighted by atomic mass is 127. The molecule has 0 heterocycles. The maximum Gasteiger partial charge on any atom is -0.000219 e. The lowest BCUT2D eigenvalue weighted by Gasteiger charge is -2.14. The van der Waals surface area contributed by atoms with Crippen LogP contribution in [0.4, 0.5) is 0 Å². The number of hydrogen-bond donors (Lipinski definition) is 0. The van der Waals surface area contributed by atoms with Crippen molar-refractivity contribution in [1.29, 1.82) is 0 Å². The van der Waals surface area contributed by atoms with E-state index in [9.17, 15) is 0 Å². The van der Waals surface area contributed by atoms with Crippen molar-refractivity contribution in [2.75, 3.05) is 4.43 Å². The monoisotopic (exact) mass is 338 g/mol. The lowest BCUT2D eigenvalue weighted by atomic mass is 9.93. The van der Waals surface area contributed by atoms with Crippen molar-refractivity contribution in [3.8, 4) is 0 Å². The smallest absolute Gasteiger partial charge is 0.000219 e. The molecule has 0 aromatic rings. The first kappa shape index (κ1) is 16.7. The Kier molecular flexibility index (Phi) is 11.4. The Morgan fingerprint density at radius 3 is 1.56 bits per heavy atom. The van der Waals surface area contributed by atoms with Crippen molar-refractivity contribution < 1.29 is 0 Å². The average molecular weight is 338 g/mol. The summed E-state index contributed by atoms with van der Waals surface area (Å²) in [6.45, 7) is 9.50. The van der Waals surface area contributed by atoms with Gasteiger partial charge in [0.05, 0.1) is 0 Å². The first-order valence-corrected chi connectivity index (χ1v) is 8.64. The van der Waals surface area contributed by atoms with E-state index < -0.39 is 0 Å². The molecule has 0 nitrogen and oxygen atoms in total. The van der Waals surface area contributed by atoms with Crippen LogP contribution in [0.5, 0.6) is 0 Å². The van der Waals surface area contributed by atoms with Crippen LogP contribution in [-0.4, -0.2) is 4.43 Å². The second-order valence-electron chi connectivity index (χ2n) is 5.94. The topological polar surface area (TPSA) is 0 Å². The van der Waals surface area contributed by atoms with Gasteiger partial charge < -0.3 is 0 Å². The lowest BCUT2D eigenvalue weighted by molar-refractivity contribution is 0.398. The molecule has 1 heteroatoms. The number of alkyl halides is 1. The summed E-state index contributed by atoms with van der Waals surface area (Å²) in [5, 5.41) is 0. The molecule has 0 rings (SSSR count). The van der Waals surface area contributed by atoms with Crippen LogP contribution in [0.15, 0.2) is 0 Å². The molecule has 0 unspecified atom stereocenters. The van der Waals surface area contributed by atoms with Gasteiger partial charge in [0.2, 0.25) is 0 Å². The lowest BCUT2D eigenvalue weighted by Crippen LogP contribution is -2.00. The van der Waals surface area contributed by atoms with E-state index in [0.717, 1.165) is 17.8 Å². The fourth-order valence-corrected chi connectivity index (χ4v) is 3.23. The summed E-state index contributed by atoms with van der Waals surface area (Å²) in [6, 6.07) is 0. The maximum absolute atomic E-state index is 2.49. The SMILES string of the molecule is CC(C)CCC[C@@H](C)CCC[C@@H](C)CCI. The van der Waals surface area contributed by atoms with E-state index >= 15 is 0 Å². The van der Waals surface area contributed by atoms with Gasteiger partial charge in [-0.2, -0.15) is 0 Å². The maximum atomic E-state index is 2.49. The Balaban J connectivity index is 3.32. The highest BCUT2D eigenvalue weighted by Gasteiger charge is 2.05. The van der Waals surface area contributed by atoms with E-state index in [1.165, 1.54) is 49.4 Å². The Bertz CT molecular complexity index is 142. The second kappa shape index (κ2) is 10.9. The Morgan fingerprint density at radius 1 is 0.688 bits per heavy atom. The van der Waals surface area contributed by atoms with Crippen molar-refractivity contribution in [2.45, 2.75) is 72.6 Å². The molecule has 0 bridgehead atoms. The first-order chi connectivity index (χ1) is 7.56. The first-order valence-electron chi connectivity index (χ1n) is 7.12. The summed E-state index contributed by atoms with van der Waals surface area (Å²) in [4.78, 5) is 0. The van der Waals surface area contributed by atoms with Crippen molar-refractivity contribution >= 4 is 22.6 Å². The third-order valence-corrected chi connectivity index (χ3v) is 4.10. The zero-order valence-corrected chi connectivity index (χ0v) is 13.9. The second-order valence-corrected chi connectivity index (χ2v) is 7.02. The van der Waals surface area contributed by atoms with Gasteiger partial charge in [0, 0.05) is 0 Å². The number of halogens is 1. The van der Waals surface area contributed by atoms with Gasteiger partial charge in [-0.1, -0.05) is 88.8 Å². The van der Waals surface area contributed by atoms with E-state index in [1.54, 1.807) is 0 Å². The van der Waals surface area contributed by atoms with Gasteiger partial charge in [0.1, 0.15) is 0 Å². The zero-order chi connectivity index (χ0) is 12.4. The minimum absolute atomic E-state index is 0.885. The molecule has 0 N–H and O–H groups in total. The molecule has 0 amide bonds. The van der Waals surface area contributed by atoms with Crippen molar-refractivity contribution in [3.05, 3.63) is 0 Å². The summed E-state index contributed by atoms with van der Waals surface area (Å²) in [5.41, 5.74) is 0. The summed E-state index contributed by atoms with van der Waals surface area (Å²) in [6.07, 6.45) is 10.0. The van der Waals surface area contributed by atoms with Crippen molar-refractivity contribution in [1.82, 2.24) is 0 Å². The molecule has 16 heavy (non-hydrogen) atoms. The number of hydrogen-bond acceptors (Lipinski definition) is 0. The summed E-state index contributed by atoms with van der Waals surface area (Å²) in [7, 11) is 0. The van der Waals surface area contributed by atoms with Crippen LogP contribution in [0.25, 0.3) is 0 Å². The third kappa shape index (κ3) is 11.2.